The number of aromatic nitrogens is 2. The van der Waals surface area contributed by atoms with Crippen molar-refractivity contribution in [3.8, 4) is 0 Å². The number of hydrogen-bond donors (Lipinski definition) is 2. The van der Waals surface area contributed by atoms with Gasteiger partial charge in [-0.1, -0.05) is 0 Å². The number of amides is 1. The lowest BCUT2D eigenvalue weighted by Gasteiger charge is -2.23. The number of carbonyl (C=O) groups is 1. The molecule has 1 amide bonds. The Hall–Kier alpha value is -1.61. The zero-order valence-electron chi connectivity index (χ0n) is 12.1. The van der Waals surface area contributed by atoms with Gasteiger partial charge in [-0.15, -0.1) is 0 Å². The maximum atomic E-state index is 12.2. The smallest absolute Gasteiger partial charge is 0.246 e. The summed E-state index contributed by atoms with van der Waals surface area (Å²) < 4.78 is 28.0. The van der Waals surface area contributed by atoms with Crippen molar-refractivity contribution in [1.82, 2.24) is 19.4 Å². The third-order valence-electron chi connectivity index (χ3n) is 2.89. The average molecular weight is 303 g/mol. The molecule has 0 radical (unpaired) electrons. The highest BCUT2D eigenvalue weighted by molar-refractivity contribution is 7.89. The van der Waals surface area contributed by atoms with E-state index in [1.54, 1.807) is 11.9 Å². The molecule has 1 rings (SSSR count). The van der Waals surface area contributed by atoms with E-state index in [2.05, 4.69) is 9.82 Å². The van der Waals surface area contributed by atoms with Gasteiger partial charge in [0.1, 0.15) is 4.90 Å². The predicted octanol–water partition coefficient (Wildman–Crippen LogP) is -0.462. The topological polar surface area (TPSA) is 110 Å². The van der Waals surface area contributed by atoms with Gasteiger partial charge < -0.3 is 10.6 Å². The summed E-state index contributed by atoms with van der Waals surface area (Å²) in [5.74, 6) is -0.372. The van der Waals surface area contributed by atoms with E-state index in [1.807, 2.05) is 13.8 Å². The van der Waals surface area contributed by atoms with Crippen molar-refractivity contribution in [2.75, 3.05) is 18.8 Å². The monoisotopic (exact) mass is 303 g/mol. The molecule has 1 unspecified atom stereocenters. The van der Waals surface area contributed by atoms with Crippen LogP contribution >= 0.6 is 0 Å². The Morgan fingerprint density at radius 3 is 2.45 bits per heavy atom. The number of nitrogens with zero attached hydrogens (tertiary/aromatic N) is 3. The molecule has 20 heavy (non-hydrogen) atoms. The molecule has 0 aliphatic carbocycles. The van der Waals surface area contributed by atoms with Gasteiger partial charge >= 0.3 is 0 Å². The predicted molar refractivity (Wildman–Crippen MR) is 75.3 cm³/mol. The lowest BCUT2D eigenvalue weighted by molar-refractivity contribution is -0.132. The summed E-state index contributed by atoms with van der Waals surface area (Å²) in [6, 6.07) is -0.862. The Bertz CT molecular complexity index is 577. The number of nitrogens with one attached hydrogen (secondary N) is 1. The van der Waals surface area contributed by atoms with Gasteiger partial charge in [-0.05, 0) is 20.8 Å². The molecule has 0 saturated carbocycles. The molecule has 8 nitrogen and oxygen atoms in total. The Morgan fingerprint density at radius 1 is 1.50 bits per heavy atom. The number of likely N-dealkylation sites (N-methyl/N-ethyl adjacent to an activating group) is 1. The molecule has 1 aromatic heterocycles. The summed E-state index contributed by atoms with van der Waals surface area (Å²) in [4.78, 5) is 13.5. The minimum absolute atomic E-state index is 0.0949. The van der Waals surface area contributed by atoms with Crippen molar-refractivity contribution in [2.45, 2.75) is 31.7 Å². The fraction of sp³-hybridized carbons (Fsp3) is 0.636. The van der Waals surface area contributed by atoms with Crippen LogP contribution < -0.4 is 10.5 Å². The van der Waals surface area contributed by atoms with E-state index < -0.39 is 16.1 Å². The highest BCUT2D eigenvalue weighted by Gasteiger charge is 2.27. The first-order valence-electron chi connectivity index (χ1n) is 6.33. The van der Waals surface area contributed by atoms with Crippen LogP contribution in [0.5, 0.6) is 0 Å². The third-order valence-corrected chi connectivity index (χ3v) is 4.45. The Kier molecular flexibility index (Phi) is 5.12. The first-order chi connectivity index (χ1) is 9.22. The van der Waals surface area contributed by atoms with Gasteiger partial charge in [-0.25, -0.2) is 8.42 Å². The van der Waals surface area contributed by atoms with Crippen LogP contribution in [-0.2, 0) is 21.9 Å². The molecular weight excluding hydrogens is 282 g/mol. The number of hydrogen-bond acceptors (Lipinski definition) is 5. The van der Waals surface area contributed by atoms with E-state index in [0.29, 0.717) is 13.1 Å². The summed E-state index contributed by atoms with van der Waals surface area (Å²) in [7, 11) is -2.30. The second kappa shape index (κ2) is 6.23. The summed E-state index contributed by atoms with van der Waals surface area (Å²) in [5, 5.41) is 3.78. The quantitative estimate of drug-likeness (QED) is 0.738. The maximum Gasteiger partial charge on any atom is 0.246 e. The van der Waals surface area contributed by atoms with E-state index in [9.17, 15) is 13.2 Å². The summed E-state index contributed by atoms with van der Waals surface area (Å²) in [5.41, 5.74) is 5.55. The van der Waals surface area contributed by atoms with E-state index >= 15 is 0 Å². The molecule has 3 N–H and O–H groups in total. The molecule has 0 spiro atoms. The second-order valence-electron chi connectivity index (χ2n) is 4.41. The number of carbonyl (C=O) groups excluding carboxylic acids is 1. The standard InChI is InChI=1S/C11H21N5O3S/c1-5-16(6-2)11(17)8(3)14-20(18,19)9-7-15(4)13-10(9)12/h7-8,14H,5-6H2,1-4H3,(H2,12,13). The first kappa shape index (κ1) is 16.4. The number of anilines is 1. The average Bonchev–Trinajstić information content (AvgIpc) is 2.70. The zero-order chi connectivity index (χ0) is 15.5. The fourth-order valence-electron chi connectivity index (χ4n) is 1.85. The van der Waals surface area contributed by atoms with Crippen molar-refractivity contribution in [2.24, 2.45) is 7.05 Å². The molecule has 0 bridgehead atoms. The first-order valence-corrected chi connectivity index (χ1v) is 7.81. The number of nitrogens with two attached hydrogens (primary N) is 1. The van der Waals surface area contributed by atoms with Gasteiger partial charge in [0, 0.05) is 26.3 Å². The minimum Gasteiger partial charge on any atom is -0.381 e. The molecule has 0 aromatic carbocycles. The van der Waals surface area contributed by atoms with Gasteiger partial charge in [0.25, 0.3) is 0 Å². The molecule has 1 aromatic rings. The molecule has 1 heterocycles. The molecule has 9 heteroatoms. The number of aryl methyl sites for hydroxylation is 1. The lowest BCUT2D eigenvalue weighted by atomic mass is 10.3. The van der Waals surface area contributed by atoms with Gasteiger partial charge in [-0.2, -0.15) is 9.82 Å². The maximum absolute atomic E-state index is 12.2. The van der Waals surface area contributed by atoms with Gasteiger partial charge in [0.05, 0.1) is 6.04 Å². The van der Waals surface area contributed by atoms with Crippen molar-refractivity contribution in [1.29, 1.82) is 0 Å². The van der Waals surface area contributed by atoms with Gasteiger partial charge in [-0.3, -0.25) is 9.48 Å². The summed E-state index contributed by atoms with van der Waals surface area (Å²) in [6.45, 7) is 6.22. The Balaban J connectivity index is 2.91. The van der Waals surface area contributed by atoms with E-state index in [1.165, 1.54) is 17.8 Å². The van der Waals surface area contributed by atoms with Crippen molar-refractivity contribution in [3.63, 3.8) is 0 Å². The second-order valence-corrected chi connectivity index (χ2v) is 6.09. The van der Waals surface area contributed by atoms with Gasteiger partial charge in [0.15, 0.2) is 5.82 Å². The minimum atomic E-state index is -3.87. The molecule has 0 aliphatic rings. The molecule has 0 aliphatic heterocycles. The molecule has 0 saturated heterocycles. The SMILES string of the molecule is CCN(CC)C(=O)C(C)NS(=O)(=O)c1cn(C)nc1N. The summed E-state index contributed by atoms with van der Waals surface area (Å²) >= 11 is 0. The molecule has 114 valence electrons. The Labute approximate surface area is 119 Å². The highest BCUT2D eigenvalue weighted by atomic mass is 32.2. The van der Waals surface area contributed by atoms with Crippen LogP contribution in [-0.4, -0.2) is 48.1 Å². The highest BCUT2D eigenvalue weighted by Crippen LogP contribution is 2.15. The van der Waals surface area contributed by atoms with Crippen LogP contribution in [0.25, 0.3) is 0 Å². The van der Waals surface area contributed by atoms with Crippen LogP contribution in [0.2, 0.25) is 0 Å². The van der Waals surface area contributed by atoms with E-state index in [0.717, 1.165) is 0 Å². The Morgan fingerprint density at radius 2 is 2.05 bits per heavy atom. The van der Waals surface area contributed by atoms with Crippen molar-refractivity contribution < 1.29 is 13.2 Å². The van der Waals surface area contributed by atoms with Gasteiger partial charge in [0.2, 0.25) is 15.9 Å². The zero-order valence-corrected chi connectivity index (χ0v) is 12.9. The number of rotatable bonds is 6. The largest absolute Gasteiger partial charge is 0.381 e. The summed E-state index contributed by atoms with van der Waals surface area (Å²) in [6.07, 6.45) is 1.30. The molecular formula is C11H21N5O3S. The van der Waals surface area contributed by atoms with E-state index in [4.69, 9.17) is 5.73 Å². The van der Waals surface area contributed by atoms with Crippen LogP contribution in [0, 0.1) is 0 Å². The van der Waals surface area contributed by atoms with Crippen LogP contribution in [0.15, 0.2) is 11.1 Å². The van der Waals surface area contributed by atoms with Crippen molar-refractivity contribution >= 4 is 21.7 Å². The van der Waals surface area contributed by atoms with Crippen LogP contribution in [0.4, 0.5) is 5.82 Å². The van der Waals surface area contributed by atoms with E-state index in [-0.39, 0.29) is 16.6 Å². The number of nitrogen functional groups attached to an aromatic ring is 1. The lowest BCUT2D eigenvalue weighted by Crippen LogP contribution is -2.46. The van der Waals surface area contributed by atoms with Crippen LogP contribution in [0.1, 0.15) is 20.8 Å². The molecule has 0 fully saturated rings. The third kappa shape index (κ3) is 3.48. The fourth-order valence-corrected chi connectivity index (χ4v) is 3.15. The number of sulfonamides is 1. The van der Waals surface area contributed by atoms with Crippen molar-refractivity contribution in [3.05, 3.63) is 6.20 Å². The normalized spacial score (nSPS) is 13.2. The van der Waals surface area contributed by atoms with Crippen LogP contribution in [0.3, 0.4) is 0 Å². The molecule has 1 atom stereocenters.